The number of carbonyl (C=O) groups excluding carboxylic acids is 1. The number of alkyl carbamates (subject to hydrolysis) is 1. The summed E-state index contributed by atoms with van der Waals surface area (Å²) in [6.07, 6.45) is 2.72. The van der Waals surface area contributed by atoms with Gasteiger partial charge in [0.15, 0.2) is 5.65 Å². The molecule has 3 rings (SSSR count). The fourth-order valence-corrected chi connectivity index (χ4v) is 2.62. The van der Waals surface area contributed by atoms with E-state index in [1.54, 1.807) is 24.5 Å². The Balaban J connectivity index is 2.01. The van der Waals surface area contributed by atoms with E-state index >= 15 is 0 Å². The van der Waals surface area contributed by atoms with Crippen LogP contribution in [0.15, 0.2) is 36.7 Å². The first-order valence-corrected chi connectivity index (χ1v) is 8.57. The van der Waals surface area contributed by atoms with Crippen molar-refractivity contribution < 1.29 is 9.53 Å². The summed E-state index contributed by atoms with van der Waals surface area (Å²) in [5.41, 5.74) is 0.774. The molecule has 3 heterocycles. The zero-order valence-corrected chi connectivity index (χ0v) is 15.8. The lowest BCUT2D eigenvalue weighted by Gasteiger charge is -2.22. The van der Waals surface area contributed by atoms with E-state index in [0.717, 1.165) is 5.52 Å². The summed E-state index contributed by atoms with van der Waals surface area (Å²) in [4.78, 5) is 25.4. The molecule has 3 aromatic rings. The summed E-state index contributed by atoms with van der Waals surface area (Å²) in [7, 11) is 0. The molecule has 1 atom stereocenters. The van der Waals surface area contributed by atoms with Crippen molar-refractivity contribution in [2.24, 2.45) is 0 Å². The number of rotatable bonds is 3. The summed E-state index contributed by atoms with van der Waals surface area (Å²) < 4.78 is 7.18. The molecule has 7 nitrogen and oxygen atoms in total. The molecule has 0 saturated carbocycles. The van der Waals surface area contributed by atoms with Crippen molar-refractivity contribution in [1.29, 1.82) is 0 Å². The van der Waals surface area contributed by atoms with Crippen molar-refractivity contribution >= 4 is 28.9 Å². The molecule has 0 aliphatic heterocycles. The highest BCUT2D eigenvalue weighted by Crippen LogP contribution is 2.24. The lowest BCUT2D eigenvalue weighted by atomic mass is 10.2. The highest BCUT2D eigenvalue weighted by Gasteiger charge is 2.23. The van der Waals surface area contributed by atoms with Gasteiger partial charge in [-0.1, -0.05) is 11.6 Å². The Kier molecular flexibility index (Phi) is 4.82. The van der Waals surface area contributed by atoms with Crippen molar-refractivity contribution in [3.05, 3.63) is 47.5 Å². The van der Waals surface area contributed by atoms with Crippen LogP contribution in [0, 0.1) is 0 Å². The molecule has 0 aliphatic carbocycles. The van der Waals surface area contributed by atoms with E-state index in [-0.39, 0.29) is 0 Å². The third-order valence-corrected chi connectivity index (χ3v) is 3.74. The van der Waals surface area contributed by atoms with E-state index in [1.807, 2.05) is 44.4 Å². The number of imidazole rings is 1. The smallest absolute Gasteiger partial charge is 0.408 e. The van der Waals surface area contributed by atoms with E-state index in [0.29, 0.717) is 22.3 Å². The molecule has 0 saturated heterocycles. The van der Waals surface area contributed by atoms with Gasteiger partial charge in [-0.25, -0.2) is 19.7 Å². The Morgan fingerprint density at radius 3 is 2.69 bits per heavy atom. The van der Waals surface area contributed by atoms with E-state index < -0.39 is 17.7 Å². The van der Waals surface area contributed by atoms with Gasteiger partial charge in [-0.2, -0.15) is 0 Å². The van der Waals surface area contributed by atoms with E-state index in [4.69, 9.17) is 16.3 Å². The minimum atomic E-state index is -0.580. The average molecular weight is 374 g/mol. The molecule has 0 spiro atoms. The van der Waals surface area contributed by atoms with Crippen molar-refractivity contribution in [2.75, 3.05) is 0 Å². The van der Waals surface area contributed by atoms with Crippen LogP contribution in [0.5, 0.6) is 0 Å². The molecule has 26 heavy (non-hydrogen) atoms. The maximum Gasteiger partial charge on any atom is 0.408 e. The van der Waals surface area contributed by atoms with E-state index in [1.165, 1.54) is 0 Å². The number of hydrogen-bond acceptors (Lipinski definition) is 5. The maximum atomic E-state index is 12.1. The molecule has 0 aromatic carbocycles. The molecule has 0 fully saturated rings. The van der Waals surface area contributed by atoms with Gasteiger partial charge < -0.3 is 10.1 Å². The minimum absolute atomic E-state index is 0.420. The summed E-state index contributed by atoms with van der Waals surface area (Å²) in [5, 5.41) is 3.35. The molecule has 0 radical (unpaired) electrons. The normalized spacial score (nSPS) is 12.8. The van der Waals surface area contributed by atoms with Crippen LogP contribution in [0.4, 0.5) is 4.79 Å². The van der Waals surface area contributed by atoms with Crippen molar-refractivity contribution in [3.8, 4) is 5.82 Å². The number of pyridine rings is 2. The summed E-state index contributed by atoms with van der Waals surface area (Å²) in [5.74, 6) is 1.23. The number of fused-ring (bicyclic) bond motifs is 1. The molecule has 0 aliphatic rings. The van der Waals surface area contributed by atoms with Gasteiger partial charge in [-0.15, -0.1) is 0 Å². The first-order valence-electron chi connectivity index (χ1n) is 8.19. The Bertz CT molecular complexity index is 931. The van der Waals surface area contributed by atoms with Crippen molar-refractivity contribution in [1.82, 2.24) is 24.8 Å². The van der Waals surface area contributed by atoms with Crippen molar-refractivity contribution in [3.63, 3.8) is 0 Å². The molecule has 1 N–H and O–H groups in total. The Labute approximate surface area is 156 Å². The van der Waals surface area contributed by atoms with Gasteiger partial charge in [0.05, 0.1) is 16.6 Å². The minimum Gasteiger partial charge on any atom is -0.444 e. The summed E-state index contributed by atoms with van der Waals surface area (Å²) in [6, 6.07) is 6.85. The number of ether oxygens (including phenoxy) is 1. The molecule has 1 amide bonds. The average Bonchev–Trinajstić information content (AvgIpc) is 2.93. The monoisotopic (exact) mass is 373 g/mol. The Morgan fingerprint density at radius 2 is 2.04 bits per heavy atom. The number of amides is 1. The second-order valence-corrected chi connectivity index (χ2v) is 7.29. The predicted molar refractivity (Wildman–Crippen MR) is 99.5 cm³/mol. The fourth-order valence-electron chi connectivity index (χ4n) is 2.51. The van der Waals surface area contributed by atoms with Gasteiger partial charge in [0, 0.05) is 12.4 Å². The van der Waals surface area contributed by atoms with Gasteiger partial charge in [0.2, 0.25) is 0 Å². The van der Waals surface area contributed by atoms with Crippen LogP contribution in [0.1, 0.15) is 39.6 Å². The summed E-state index contributed by atoms with van der Waals surface area (Å²) in [6.45, 7) is 7.27. The van der Waals surface area contributed by atoms with Crippen LogP contribution < -0.4 is 5.32 Å². The third kappa shape index (κ3) is 3.94. The standard InChI is InChI=1S/C18H20ClN5O2/c1-11(22-17(25)26-18(2,3)4)16-23-15-13(6-5-9-20-15)24(16)14-8-7-12(19)10-21-14/h5-11H,1-4H3,(H,22,25). The number of halogens is 1. The number of nitrogens with zero attached hydrogens (tertiary/aromatic N) is 4. The first kappa shape index (κ1) is 18.1. The van der Waals surface area contributed by atoms with Gasteiger partial charge in [0.25, 0.3) is 0 Å². The molecular formula is C18H20ClN5O2. The Hall–Kier alpha value is -2.67. The SMILES string of the molecule is CC(NC(=O)OC(C)(C)C)c1nc2ncccc2n1-c1ccc(Cl)cn1. The summed E-state index contributed by atoms with van der Waals surface area (Å²) >= 11 is 5.95. The number of aromatic nitrogens is 4. The van der Waals surface area contributed by atoms with Crippen LogP contribution in [-0.4, -0.2) is 31.2 Å². The fraction of sp³-hybridized carbons (Fsp3) is 0.333. The van der Waals surface area contributed by atoms with E-state index in [2.05, 4.69) is 20.3 Å². The third-order valence-electron chi connectivity index (χ3n) is 3.52. The van der Waals surface area contributed by atoms with Crippen LogP contribution in [0.2, 0.25) is 5.02 Å². The van der Waals surface area contributed by atoms with Gasteiger partial charge in [0.1, 0.15) is 17.2 Å². The molecule has 1 unspecified atom stereocenters. The zero-order valence-electron chi connectivity index (χ0n) is 15.0. The highest BCUT2D eigenvalue weighted by molar-refractivity contribution is 6.30. The quantitative estimate of drug-likeness (QED) is 0.748. The molecule has 3 aromatic heterocycles. The van der Waals surface area contributed by atoms with E-state index in [9.17, 15) is 4.79 Å². The van der Waals surface area contributed by atoms with Gasteiger partial charge >= 0.3 is 6.09 Å². The molecule has 8 heteroatoms. The second kappa shape index (κ2) is 6.92. The molecule has 136 valence electrons. The highest BCUT2D eigenvalue weighted by atomic mass is 35.5. The topological polar surface area (TPSA) is 81.9 Å². The molecule has 0 bridgehead atoms. The van der Waals surface area contributed by atoms with Gasteiger partial charge in [-0.3, -0.25) is 4.57 Å². The number of hydrogen-bond donors (Lipinski definition) is 1. The van der Waals surface area contributed by atoms with Crippen LogP contribution in [0.25, 0.3) is 17.0 Å². The zero-order chi connectivity index (χ0) is 18.9. The van der Waals surface area contributed by atoms with Crippen LogP contribution in [0.3, 0.4) is 0 Å². The van der Waals surface area contributed by atoms with Crippen molar-refractivity contribution in [2.45, 2.75) is 39.3 Å². The van der Waals surface area contributed by atoms with Gasteiger partial charge in [-0.05, 0) is 52.0 Å². The van der Waals surface area contributed by atoms with Crippen LogP contribution >= 0.6 is 11.6 Å². The lowest BCUT2D eigenvalue weighted by molar-refractivity contribution is 0.0505. The maximum absolute atomic E-state index is 12.1. The molecular weight excluding hydrogens is 354 g/mol. The van der Waals surface area contributed by atoms with Crippen LogP contribution in [-0.2, 0) is 4.74 Å². The predicted octanol–water partition coefficient (Wildman–Crippen LogP) is 4.05. The lowest BCUT2D eigenvalue weighted by Crippen LogP contribution is -2.34. The first-order chi connectivity index (χ1) is 12.2. The second-order valence-electron chi connectivity index (χ2n) is 6.85. The largest absolute Gasteiger partial charge is 0.444 e. The number of nitrogens with one attached hydrogen (secondary N) is 1. The number of carbonyl (C=O) groups is 1. The Morgan fingerprint density at radius 1 is 1.27 bits per heavy atom.